The summed E-state index contributed by atoms with van der Waals surface area (Å²) in [6.07, 6.45) is 0. The molecule has 0 aliphatic carbocycles. The van der Waals surface area contributed by atoms with Crippen LogP contribution in [0.2, 0.25) is 0 Å². The zero-order valence-electron chi connectivity index (χ0n) is 10.6. The van der Waals surface area contributed by atoms with Gasteiger partial charge in [-0.2, -0.15) is 5.10 Å². The molecular formula is C13H13FN2O3. The number of carboxylic acid groups (broad SMARTS) is 1. The summed E-state index contributed by atoms with van der Waals surface area (Å²) in [6.45, 7) is 0.237. The molecule has 0 saturated heterocycles. The molecule has 5 nitrogen and oxygen atoms in total. The van der Waals surface area contributed by atoms with Crippen LogP contribution in [0.15, 0.2) is 24.3 Å². The molecule has 0 amide bonds. The molecule has 100 valence electrons. The number of carbonyl (C=O) groups is 1. The molecule has 0 spiro atoms. The number of methoxy groups -OCH3 is 1. The lowest BCUT2D eigenvalue weighted by atomic mass is 10.0. The number of aromatic carboxylic acids is 1. The fourth-order valence-electron chi connectivity index (χ4n) is 1.91. The van der Waals surface area contributed by atoms with Crippen molar-refractivity contribution in [2.24, 2.45) is 7.05 Å². The summed E-state index contributed by atoms with van der Waals surface area (Å²) < 4.78 is 19.7. The van der Waals surface area contributed by atoms with Crippen molar-refractivity contribution < 1.29 is 19.0 Å². The smallest absolute Gasteiger partial charge is 0.356 e. The van der Waals surface area contributed by atoms with Gasteiger partial charge in [-0.05, 0) is 29.8 Å². The van der Waals surface area contributed by atoms with Crippen LogP contribution in [-0.2, 0) is 18.4 Å². The Morgan fingerprint density at radius 1 is 1.47 bits per heavy atom. The molecule has 1 aromatic heterocycles. The van der Waals surface area contributed by atoms with Gasteiger partial charge >= 0.3 is 5.97 Å². The average Bonchev–Trinajstić information content (AvgIpc) is 2.72. The van der Waals surface area contributed by atoms with Gasteiger partial charge in [0, 0.05) is 19.7 Å². The van der Waals surface area contributed by atoms with Gasteiger partial charge in [-0.15, -0.1) is 0 Å². The van der Waals surface area contributed by atoms with Crippen LogP contribution >= 0.6 is 0 Å². The van der Waals surface area contributed by atoms with Crippen molar-refractivity contribution in [2.75, 3.05) is 7.11 Å². The fourth-order valence-corrected chi connectivity index (χ4v) is 1.91. The number of aryl methyl sites for hydroxylation is 1. The molecule has 2 rings (SSSR count). The molecule has 0 aliphatic rings. The van der Waals surface area contributed by atoms with Gasteiger partial charge in [0.05, 0.1) is 12.3 Å². The van der Waals surface area contributed by atoms with E-state index in [2.05, 4.69) is 5.10 Å². The van der Waals surface area contributed by atoms with Gasteiger partial charge in [0.15, 0.2) is 5.69 Å². The zero-order valence-corrected chi connectivity index (χ0v) is 10.6. The van der Waals surface area contributed by atoms with Gasteiger partial charge in [-0.25, -0.2) is 9.18 Å². The molecule has 2 aromatic rings. The maximum Gasteiger partial charge on any atom is 0.356 e. The number of benzene rings is 1. The maximum atomic E-state index is 13.2. The van der Waals surface area contributed by atoms with Crippen LogP contribution in [0.5, 0.6) is 0 Å². The third-order valence-corrected chi connectivity index (χ3v) is 2.74. The number of nitrogens with zero attached hydrogens (tertiary/aromatic N) is 2. The minimum Gasteiger partial charge on any atom is -0.476 e. The Labute approximate surface area is 109 Å². The molecule has 19 heavy (non-hydrogen) atoms. The van der Waals surface area contributed by atoms with Crippen molar-refractivity contribution in [1.82, 2.24) is 9.78 Å². The summed E-state index contributed by atoms with van der Waals surface area (Å²) in [6, 6.07) is 5.73. The van der Waals surface area contributed by atoms with E-state index in [1.54, 1.807) is 13.1 Å². The van der Waals surface area contributed by atoms with Gasteiger partial charge < -0.3 is 9.84 Å². The van der Waals surface area contributed by atoms with E-state index in [0.717, 1.165) is 0 Å². The van der Waals surface area contributed by atoms with E-state index >= 15 is 0 Å². The van der Waals surface area contributed by atoms with Crippen LogP contribution in [0.1, 0.15) is 16.1 Å². The molecule has 0 aliphatic heterocycles. The summed E-state index contributed by atoms with van der Waals surface area (Å²) >= 11 is 0. The van der Waals surface area contributed by atoms with Crippen molar-refractivity contribution in [3.05, 3.63) is 41.3 Å². The summed E-state index contributed by atoms with van der Waals surface area (Å²) in [5.41, 5.74) is 1.89. The SMILES string of the molecule is COCc1cc(F)ccc1-c1cc(C(=O)O)nn1C. The Hall–Kier alpha value is -2.21. The average molecular weight is 264 g/mol. The lowest BCUT2D eigenvalue weighted by molar-refractivity contribution is 0.0689. The van der Waals surface area contributed by atoms with Crippen molar-refractivity contribution >= 4 is 5.97 Å². The van der Waals surface area contributed by atoms with E-state index in [-0.39, 0.29) is 18.1 Å². The topological polar surface area (TPSA) is 64.3 Å². The van der Waals surface area contributed by atoms with Gasteiger partial charge in [0.1, 0.15) is 5.82 Å². The Bertz CT molecular complexity index is 622. The Morgan fingerprint density at radius 3 is 2.79 bits per heavy atom. The second-order valence-corrected chi connectivity index (χ2v) is 4.08. The third kappa shape index (κ3) is 2.63. The first-order chi connectivity index (χ1) is 9.02. The molecule has 0 radical (unpaired) electrons. The number of ether oxygens (including phenoxy) is 1. The molecule has 1 aromatic carbocycles. The number of rotatable bonds is 4. The third-order valence-electron chi connectivity index (χ3n) is 2.74. The number of halogens is 1. The van der Waals surface area contributed by atoms with E-state index < -0.39 is 5.97 Å². The molecule has 0 atom stereocenters. The molecule has 0 bridgehead atoms. The quantitative estimate of drug-likeness (QED) is 0.918. The maximum absolute atomic E-state index is 13.2. The minimum atomic E-state index is -1.10. The predicted molar refractivity (Wildman–Crippen MR) is 66.3 cm³/mol. The van der Waals surface area contributed by atoms with Gasteiger partial charge in [0.2, 0.25) is 0 Å². The first kappa shape index (κ1) is 13.2. The van der Waals surface area contributed by atoms with Crippen LogP contribution in [0.3, 0.4) is 0 Å². The highest BCUT2D eigenvalue weighted by atomic mass is 19.1. The number of hydrogen-bond acceptors (Lipinski definition) is 3. The molecular weight excluding hydrogens is 251 g/mol. The van der Waals surface area contributed by atoms with Gasteiger partial charge in [-0.3, -0.25) is 4.68 Å². The van der Waals surface area contributed by atoms with Gasteiger partial charge in [-0.1, -0.05) is 0 Å². The summed E-state index contributed by atoms with van der Waals surface area (Å²) in [5, 5.41) is 12.8. The lowest BCUT2D eigenvalue weighted by Crippen LogP contribution is -2.00. The van der Waals surface area contributed by atoms with Crippen molar-refractivity contribution in [1.29, 1.82) is 0 Å². The summed E-state index contributed by atoms with van der Waals surface area (Å²) in [4.78, 5) is 10.9. The highest BCUT2D eigenvalue weighted by Gasteiger charge is 2.15. The summed E-state index contributed by atoms with van der Waals surface area (Å²) in [7, 11) is 3.16. The number of aromatic nitrogens is 2. The number of hydrogen-bond donors (Lipinski definition) is 1. The largest absolute Gasteiger partial charge is 0.476 e. The minimum absolute atomic E-state index is 0.0507. The fraction of sp³-hybridized carbons (Fsp3) is 0.231. The second kappa shape index (κ2) is 5.19. The first-order valence-corrected chi connectivity index (χ1v) is 5.58. The molecule has 1 heterocycles. The Kier molecular flexibility index (Phi) is 3.62. The molecule has 1 N–H and O–H groups in total. The Morgan fingerprint density at radius 2 is 2.21 bits per heavy atom. The second-order valence-electron chi connectivity index (χ2n) is 4.08. The number of carboxylic acids is 1. The van der Waals surface area contributed by atoms with Crippen LogP contribution in [0, 0.1) is 5.82 Å². The first-order valence-electron chi connectivity index (χ1n) is 5.58. The van der Waals surface area contributed by atoms with Crippen LogP contribution in [0.25, 0.3) is 11.3 Å². The van der Waals surface area contributed by atoms with Crippen molar-refractivity contribution in [3.63, 3.8) is 0 Å². The van der Waals surface area contributed by atoms with E-state index in [9.17, 15) is 9.18 Å². The van der Waals surface area contributed by atoms with Crippen LogP contribution in [-0.4, -0.2) is 28.0 Å². The van der Waals surface area contributed by atoms with E-state index in [1.807, 2.05) is 0 Å². The van der Waals surface area contributed by atoms with E-state index in [4.69, 9.17) is 9.84 Å². The Balaban J connectivity index is 2.54. The lowest BCUT2D eigenvalue weighted by Gasteiger charge is -2.09. The standard InChI is InChI=1S/C13H13FN2O3/c1-16-12(6-11(15-16)13(17)18)10-4-3-9(14)5-8(10)7-19-2/h3-6H,7H2,1-2H3,(H,17,18). The van der Waals surface area contributed by atoms with E-state index in [1.165, 1.54) is 30.0 Å². The normalized spacial score (nSPS) is 10.7. The van der Waals surface area contributed by atoms with Crippen LogP contribution in [0.4, 0.5) is 4.39 Å². The molecule has 0 saturated carbocycles. The monoisotopic (exact) mass is 264 g/mol. The van der Waals surface area contributed by atoms with Gasteiger partial charge in [0.25, 0.3) is 0 Å². The van der Waals surface area contributed by atoms with E-state index in [0.29, 0.717) is 16.8 Å². The molecule has 0 fully saturated rings. The molecule has 0 unspecified atom stereocenters. The van der Waals surface area contributed by atoms with Crippen LogP contribution < -0.4 is 0 Å². The predicted octanol–water partition coefficient (Wildman–Crippen LogP) is 2.07. The highest BCUT2D eigenvalue weighted by Crippen LogP contribution is 2.25. The van der Waals surface area contributed by atoms with Crippen molar-refractivity contribution in [2.45, 2.75) is 6.61 Å². The highest BCUT2D eigenvalue weighted by molar-refractivity contribution is 5.87. The molecule has 6 heteroatoms. The van der Waals surface area contributed by atoms with Crippen molar-refractivity contribution in [3.8, 4) is 11.3 Å². The summed E-state index contributed by atoms with van der Waals surface area (Å²) in [5.74, 6) is -1.46. The zero-order chi connectivity index (χ0) is 14.0.